The van der Waals surface area contributed by atoms with Crippen molar-refractivity contribution in [2.45, 2.75) is 20.3 Å². The van der Waals surface area contributed by atoms with Crippen LogP contribution in [0.4, 0.5) is 0 Å². The fraction of sp³-hybridized carbons (Fsp3) is 0.750. The number of carbonyl (C=O) groups excluding carboxylic acids is 2. The molecule has 0 saturated heterocycles. The highest BCUT2D eigenvalue weighted by Crippen LogP contribution is 2.02. The molecule has 0 aromatic heterocycles. The van der Waals surface area contributed by atoms with E-state index < -0.39 is 5.91 Å². The predicted octanol–water partition coefficient (Wildman–Crippen LogP) is 0.300. The van der Waals surface area contributed by atoms with Gasteiger partial charge in [0.05, 0.1) is 0 Å². The molecule has 0 fully saturated rings. The molecule has 1 radical (unpaired) electrons. The van der Waals surface area contributed by atoms with Crippen molar-refractivity contribution in [2.75, 3.05) is 13.6 Å². The average Bonchev–Trinajstić information content (AvgIpc) is 1.98. The summed E-state index contributed by atoms with van der Waals surface area (Å²) in [6.07, 6.45) is 0.568. The van der Waals surface area contributed by atoms with Crippen molar-refractivity contribution >= 4 is 11.8 Å². The Balaban J connectivity index is 3.68. The molecule has 0 aromatic rings. The molecule has 1 N–H and O–H groups in total. The van der Waals surface area contributed by atoms with Crippen LogP contribution in [-0.2, 0) is 9.59 Å². The Morgan fingerprint density at radius 3 is 2.33 bits per heavy atom. The minimum Gasteiger partial charge on any atom is -0.346 e. The topological polar surface area (TPSA) is 61.2 Å². The number of rotatable bonds is 4. The molecule has 4 heteroatoms. The molecular weight excluding hydrogens is 156 g/mol. The average molecular weight is 171 g/mol. The summed E-state index contributed by atoms with van der Waals surface area (Å²) in [4.78, 5) is 22.8. The summed E-state index contributed by atoms with van der Waals surface area (Å²) in [5.74, 6) is -0.849. The van der Waals surface area contributed by atoms with Gasteiger partial charge in [-0.2, -0.15) is 0 Å². The lowest BCUT2D eigenvalue weighted by Gasteiger charge is -2.15. The van der Waals surface area contributed by atoms with Gasteiger partial charge in [0.2, 0.25) is 11.8 Å². The first-order chi connectivity index (χ1) is 5.45. The van der Waals surface area contributed by atoms with Crippen molar-refractivity contribution in [2.24, 2.45) is 5.92 Å². The van der Waals surface area contributed by atoms with E-state index in [1.165, 1.54) is 6.92 Å². The number of nitrogens with zero attached hydrogens (tertiary/aromatic N) is 1. The molecular formula is C8H15N2O2. The molecule has 0 aliphatic carbocycles. The molecule has 2 amide bonds. The number of carbonyl (C=O) groups is 2. The van der Waals surface area contributed by atoms with Gasteiger partial charge in [-0.25, -0.2) is 0 Å². The van der Waals surface area contributed by atoms with E-state index in [-0.39, 0.29) is 11.8 Å². The summed E-state index contributed by atoms with van der Waals surface area (Å²) < 4.78 is 0. The van der Waals surface area contributed by atoms with Crippen LogP contribution >= 0.6 is 0 Å². The summed E-state index contributed by atoms with van der Waals surface area (Å²) in [5, 5.41) is 0. The molecule has 0 rings (SSSR count). The number of nitrogens with one attached hydrogen (secondary N) is 1. The summed E-state index contributed by atoms with van der Waals surface area (Å²) in [7, 11) is 1.68. The predicted molar refractivity (Wildman–Crippen MR) is 45.2 cm³/mol. The van der Waals surface area contributed by atoms with Crippen LogP contribution in [0.15, 0.2) is 0 Å². The molecule has 0 aliphatic rings. The van der Waals surface area contributed by atoms with Crippen LogP contribution in [0.25, 0.3) is 0 Å². The summed E-state index contributed by atoms with van der Waals surface area (Å²) in [6.45, 7) is 3.72. The van der Waals surface area contributed by atoms with E-state index >= 15 is 0 Å². The van der Waals surface area contributed by atoms with E-state index in [0.717, 1.165) is 0 Å². The molecule has 12 heavy (non-hydrogen) atoms. The van der Waals surface area contributed by atoms with Crippen LogP contribution < -0.4 is 5.73 Å². The summed E-state index contributed by atoms with van der Waals surface area (Å²) in [6, 6.07) is 0. The first-order valence-corrected chi connectivity index (χ1v) is 3.92. The van der Waals surface area contributed by atoms with Crippen molar-refractivity contribution in [1.29, 1.82) is 0 Å². The van der Waals surface area contributed by atoms with E-state index in [1.54, 1.807) is 18.9 Å². The fourth-order valence-corrected chi connectivity index (χ4v) is 0.676. The lowest BCUT2D eigenvalue weighted by Crippen LogP contribution is -2.27. The van der Waals surface area contributed by atoms with Crippen molar-refractivity contribution in [3.05, 3.63) is 0 Å². The second-order valence-corrected chi connectivity index (χ2v) is 2.99. The lowest BCUT2D eigenvalue weighted by atomic mass is 10.1. The SMILES string of the molecule is CC(=O)N(C)CCC(C)C([NH])=O. The molecule has 4 nitrogen and oxygen atoms in total. The van der Waals surface area contributed by atoms with Crippen LogP contribution in [0.5, 0.6) is 0 Å². The Kier molecular flexibility index (Phi) is 4.33. The van der Waals surface area contributed by atoms with Crippen LogP contribution in [0.2, 0.25) is 0 Å². The number of hydrogen-bond donors (Lipinski definition) is 0. The zero-order valence-electron chi connectivity index (χ0n) is 7.76. The first-order valence-electron chi connectivity index (χ1n) is 3.92. The van der Waals surface area contributed by atoms with Gasteiger partial charge in [-0.05, 0) is 6.42 Å². The normalized spacial score (nSPS) is 12.2. The lowest BCUT2D eigenvalue weighted by molar-refractivity contribution is -0.128. The van der Waals surface area contributed by atoms with Gasteiger partial charge in [0, 0.05) is 26.4 Å². The van der Waals surface area contributed by atoms with Gasteiger partial charge in [0.1, 0.15) is 0 Å². The molecule has 0 heterocycles. The standard InChI is InChI=1S/C8H15N2O2/c1-6(8(9)12)4-5-10(3)7(2)11/h6,9H,4-5H2,1-3H3. The van der Waals surface area contributed by atoms with Crippen LogP contribution in [0.3, 0.4) is 0 Å². The van der Waals surface area contributed by atoms with Gasteiger partial charge >= 0.3 is 0 Å². The Hall–Kier alpha value is -1.06. The van der Waals surface area contributed by atoms with Crippen molar-refractivity contribution < 1.29 is 9.59 Å². The fourth-order valence-electron chi connectivity index (χ4n) is 0.676. The zero-order valence-corrected chi connectivity index (χ0v) is 7.76. The second kappa shape index (κ2) is 4.74. The number of amides is 2. The minimum atomic E-state index is -0.563. The Morgan fingerprint density at radius 1 is 1.50 bits per heavy atom. The van der Waals surface area contributed by atoms with E-state index in [2.05, 4.69) is 0 Å². The zero-order chi connectivity index (χ0) is 9.72. The van der Waals surface area contributed by atoms with Gasteiger partial charge in [0.25, 0.3) is 0 Å². The van der Waals surface area contributed by atoms with E-state index in [4.69, 9.17) is 5.73 Å². The highest BCUT2D eigenvalue weighted by atomic mass is 16.2. The van der Waals surface area contributed by atoms with Gasteiger partial charge in [-0.15, -0.1) is 0 Å². The van der Waals surface area contributed by atoms with Crippen LogP contribution in [0, 0.1) is 5.92 Å². The maximum atomic E-state index is 10.7. The molecule has 0 saturated carbocycles. The molecule has 1 atom stereocenters. The Morgan fingerprint density at radius 2 is 2.00 bits per heavy atom. The van der Waals surface area contributed by atoms with Gasteiger partial charge in [-0.3, -0.25) is 15.3 Å². The van der Waals surface area contributed by atoms with Crippen LogP contribution in [-0.4, -0.2) is 30.3 Å². The molecule has 0 spiro atoms. The van der Waals surface area contributed by atoms with Gasteiger partial charge in [-0.1, -0.05) is 6.92 Å². The Labute approximate surface area is 72.7 Å². The van der Waals surface area contributed by atoms with E-state index in [0.29, 0.717) is 13.0 Å². The third kappa shape index (κ3) is 3.95. The summed E-state index contributed by atoms with van der Waals surface area (Å²) in [5.41, 5.74) is 6.79. The highest BCUT2D eigenvalue weighted by Gasteiger charge is 2.11. The summed E-state index contributed by atoms with van der Waals surface area (Å²) >= 11 is 0. The molecule has 0 bridgehead atoms. The van der Waals surface area contributed by atoms with Crippen LogP contribution in [0.1, 0.15) is 20.3 Å². The third-order valence-electron chi connectivity index (χ3n) is 1.88. The monoisotopic (exact) mass is 171 g/mol. The van der Waals surface area contributed by atoms with Crippen molar-refractivity contribution in [3.63, 3.8) is 0 Å². The maximum Gasteiger partial charge on any atom is 0.241 e. The maximum absolute atomic E-state index is 10.7. The van der Waals surface area contributed by atoms with Gasteiger partial charge < -0.3 is 4.90 Å². The molecule has 69 valence electrons. The van der Waals surface area contributed by atoms with E-state index in [1.807, 2.05) is 0 Å². The number of hydrogen-bond acceptors (Lipinski definition) is 2. The minimum absolute atomic E-state index is 0.0142. The van der Waals surface area contributed by atoms with Crippen molar-refractivity contribution in [3.8, 4) is 0 Å². The largest absolute Gasteiger partial charge is 0.346 e. The second-order valence-electron chi connectivity index (χ2n) is 2.99. The molecule has 0 aromatic carbocycles. The third-order valence-corrected chi connectivity index (χ3v) is 1.88. The molecule has 1 unspecified atom stereocenters. The Bertz CT molecular complexity index is 160. The first kappa shape index (κ1) is 10.9. The quantitative estimate of drug-likeness (QED) is 0.610. The highest BCUT2D eigenvalue weighted by molar-refractivity contribution is 5.75. The smallest absolute Gasteiger partial charge is 0.241 e. The molecule has 0 aliphatic heterocycles. The van der Waals surface area contributed by atoms with Crippen molar-refractivity contribution in [1.82, 2.24) is 10.6 Å². The van der Waals surface area contributed by atoms with E-state index in [9.17, 15) is 9.59 Å². The van der Waals surface area contributed by atoms with Gasteiger partial charge in [0.15, 0.2) is 0 Å².